The number of rotatable bonds is 17. The van der Waals surface area contributed by atoms with E-state index in [2.05, 4.69) is 0 Å². The van der Waals surface area contributed by atoms with Crippen molar-refractivity contribution in [3.8, 4) is 34.5 Å². The third-order valence-electron chi connectivity index (χ3n) is 7.11. The third kappa shape index (κ3) is 12.8. The zero-order chi connectivity index (χ0) is 41.7. The smallest absolute Gasteiger partial charge is 0.349 e. The van der Waals surface area contributed by atoms with E-state index < -0.39 is 107 Å². The van der Waals surface area contributed by atoms with Gasteiger partial charge in [-0.1, -0.05) is 18.2 Å². The minimum Gasteiger partial charge on any atom is -0.504 e. The van der Waals surface area contributed by atoms with Gasteiger partial charge in [0.25, 0.3) is 0 Å². The molecular weight excluding hydrogens is 748 g/mol. The van der Waals surface area contributed by atoms with Crippen molar-refractivity contribution in [2.75, 3.05) is 0 Å². The SMILES string of the molecule is C[C@H](O)CC(=O)O[C@@H](C(=O)O)[C@@H](OC(=O)C=Cc1ccc(O)c(O)c1)[C@H](OC(=O)C=Cc1ccc(O)c(O)c1)[C@H](OC(=O)C=Cc1ccc(O)c(O)c1)C(=O)O. The molecule has 0 saturated heterocycles. The average molecular weight is 783 g/mol. The van der Waals surface area contributed by atoms with Crippen molar-refractivity contribution in [3.05, 3.63) is 89.5 Å². The first kappa shape index (κ1) is 42.9. The maximum atomic E-state index is 13.2. The maximum absolute atomic E-state index is 13.2. The first-order chi connectivity index (χ1) is 26.3. The first-order valence-corrected chi connectivity index (χ1v) is 15.9. The molecule has 0 heterocycles. The number of ether oxygens (including phenoxy) is 4. The van der Waals surface area contributed by atoms with Gasteiger partial charge in [-0.15, -0.1) is 0 Å². The number of hydrogen-bond donors (Lipinski definition) is 9. The van der Waals surface area contributed by atoms with Crippen LogP contribution in [0.3, 0.4) is 0 Å². The van der Waals surface area contributed by atoms with Crippen molar-refractivity contribution >= 4 is 54.0 Å². The molecule has 3 aromatic carbocycles. The molecule has 19 nitrogen and oxygen atoms in total. The molecule has 0 aliphatic heterocycles. The van der Waals surface area contributed by atoms with Crippen molar-refractivity contribution in [2.45, 2.75) is 43.9 Å². The minimum atomic E-state index is -2.75. The molecule has 0 unspecified atom stereocenters. The van der Waals surface area contributed by atoms with Gasteiger partial charge < -0.3 is 64.9 Å². The fourth-order valence-corrected chi connectivity index (χ4v) is 4.49. The molecule has 0 fully saturated rings. The maximum Gasteiger partial charge on any atom is 0.349 e. The van der Waals surface area contributed by atoms with Gasteiger partial charge in [-0.05, 0) is 78.2 Å². The normalized spacial score (nSPS) is 14.0. The fraction of sp³-hybridized carbons (Fsp3) is 0.189. The fourth-order valence-electron chi connectivity index (χ4n) is 4.49. The predicted octanol–water partition coefficient (Wildman–Crippen LogP) is 1.95. The van der Waals surface area contributed by atoms with Crippen LogP contribution in [0.5, 0.6) is 34.5 Å². The predicted molar refractivity (Wildman–Crippen MR) is 188 cm³/mol. The van der Waals surface area contributed by atoms with E-state index in [9.17, 15) is 74.7 Å². The van der Waals surface area contributed by atoms with Crippen molar-refractivity contribution < 1.29 is 93.7 Å². The second kappa shape index (κ2) is 19.5. The molecule has 0 saturated carbocycles. The van der Waals surface area contributed by atoms with Gasteiger partial charge in [0.05, 0.1) is 12.5 Å². The Labute approximate surface area is 315 Å². The Hall–Kier alpha value is -7.54. The molecular formula is C37H34O19. The number of carboxylic acid groups (broad SMARTS) is 2. The lowest BCUT2D eigenvalue weighted by Gasteiger charge is -2.32. The number of aliphatic hydroxyl groups is 1. The van der Waals surface area contributed by atoms with Gasteiger partial charge in [0.15, 0.2) is 46.7 Å². The zero-order valence-corrected chi connectivity index (χ0v) is 28.9. The van der Waals surface area contributed by atoms with Gasteiger partial charge >= 0.3 is 35.8 Å². The summed E-state index contributed by atoms with van der Waals surface area (Å²) in [4.78, 5) is 77.1. The number of carbonyl (C=O) groups excluding carboxylic acids is 4. The lowest BCUT2D eigenvalue weighted by molar-refractivity contribution is -0.205. The number of esters is 4. The molecule has 5 atom stereocenters. The second-order valence-corrected chi connectivity index (χ2v) is 11.5. The van der Waals surface area contributed by atoms with Gasteiger partial charge in [0.2, 0.25) is 12.2 Å². The van der Waals surface area contributed by atoms with Crippen LogP contribution in [0.4, 0.5) is 0 Å². The van der Waals surface area contributed by atoms with Crippen LogP contribution in [-0.2, 0) is 47.7 Å². The first-order valence-electron chi connectivity index (χ1n) is 15.9. The number of carboxylic acids is 2. The Kier molecular flexibility index (Phi) is 14.9. The molecule has 0 bridgehead atoms. The highest BCUT2D eigenvalue weighted by Gasteiger charge is 2.50. The van der Waals surface area contributed by atoms with Crippen LogP contribution < -0.4 is 0 Å². The second-order valence-electron chi connectivity index (χ2n) is 11.5. The summed E-state index contributed by atoms with van der Waals surface area (Å²) >= 11 is 0. The summed E-state index contributed by atoms with van der Waals surface area (Å²) in [6.45, 7) is 1.14. The van der Waals surface area contributed by atoms with E-state index in [0.29, 0.717) is 18.2 Å². The quantitative estimate of drug-likeness (QED) is 0.0409. The topological polar surface area (TPSA) is 321 Å². The molecule has 56 heavy (non-hydrogen) atoms. The average Bonchev–Trinajstić information content (AvgIpc) is 3.12. The minimum absolute atomic E-state index is 0.0734. The molecule has 0 spiro atoms. The number of phenolic OH excluding ortho intramolecular Hbond substituents is 6. The molecule has 0 radical (unpaired) electrons. The summed E-state index contributed by atoms with van der Waals surface area (Å²) < 4.78 is 20.4. The highest BCUT2D eigenvalue weighted by atomic mass is 16.6. The van der Waals surface area contributed by atoms with E-state index in [1.54, 1.807) is 0 Å². The Morgan fingerprint density at radius 3 is 1.14 bits per heavy atom. The summed E-state index contributed by atoms with van der Waals surface area (Å²) in [5.41, 5.74) is 0.240. The number of carbonyl (C=O) groups is 6. The van der Waals surface area contributed by atoms with Crippen LogP contribution in [0.2, 0.25) is 0 Å². The molecule has 0 amide bonds. The number of benzene rings is 3. The van der Waals surface area contributed by atoms with Gasteiger partial charge in [-0.2, -0.15) is 0 Å². The molecule has 0 aromatic heterocycles. The van der Waals surface area contributed by atoms with Gasteiger partial charge in [0.1, 0.15) is 0 Å². The van der Waals surface area contributed by atoms with E-state index in [-0.39, 0.29) is 16.7 Å². The number of aliphatic hydroxyl groups excluding tert-OH is 1. The van der Waals surface area contributed by atoms with Gasteiger partial charge in [-0.3, -0.25) is 4.79 Å². The van der Waals surface area contributed by atoms with E-state index >= 15 is 0 Å². The molecule has 9 N–H and O–H groups in total. The summed E-state index contributed by atoms with van der Waals surface area (Å²) in [7, 11) is 0. The molecule has 0 aliphatic carbocycles. The van der Waals surface area contributed by atoms with Crippen LogP contribution in [0.15, 0.2) is 72.8 Å². The van der Waals surface area contributed by atoms with E-state index in [1.165, 1.54) is 18.2 Å². The van der Waals surface area contributed by atoms with Crippen LogP contribution in [0, 0.1) is 0 Å². The number of hydrogen-bond acceptors (Lipinski definition) is 17. The number of phenols is 6. The molecule has 3 rings (SSSR count). The van der Waals surface area contributed by atoms with Crippen molar-refractivity contribution in [1.29, 1.82) is 0 Å². The Bertz CT molecular complexity index is 2050. The monoisotopic (exact) mass is 782 g/mol. The van der Waals surface area contributed by atoms with Crippen LogP contribution >= 0.6 is 0 Å². The largest absolute Gasteiger partial charge is 0.504 e. The van der Waals surface area contributed by atoms with E-state index in [0.717, 1.165) is 61.5 Å². The van der Waals surface area contributed by atoms with Gasteiger partial charge in [-0.25, -0.2) is 24.0 Å². The number of aliphatic carboxylic acids is 2. The van der Waals surface area contributed by atoms with Gasteiger partial charge in [0, 0.05) is 18.2 Å². The molecule has 296 valence electrons. The summed E-state index contributed by atoms with van der Waals surface area (Å²) in [5, 5.41) is 87.9. The van der Waals surface area contributed by atoms with Crippen molar-refractivity contribution in [2.24, 2.45) is 0 Å². The molecule has 3 aromatic rings. The summed E-state index contributed by atoms with van der Waals surface area (Å²) in [6, 6.07) is 9.89. The molecule has 19 heteroatoms. The lowest BCUT2D eigenvalue weighted by Crippen LogP contribution is -2.56. The highest BCUT2D eigenvalue weighted by molar-refractivity contribution is 5.91. The lowest BCUT2D eigenvalue weighted by atomic mass is 10.0. The third-order valence-corrected chi connectivity index (χ3v) is 7.11. The van der Waals surface area contributed by atoms with Crippen LogP contribution in [0.25, 0.3) is 18.2 Å². The Balaban J connectivity index is 2.13. The van der Waals surface area contributed by atoms with Crippen molar-refractivity contribution in [1.82, 2.24) is 0 Å². The van der Waals surface area contributed by atoms with E-state index in [1.807, 2.05) is 0 Å². The zero-order valence-electron chi connectivity index (χ0n) is 28.9. The Morgan fingerprint density at radius 1 is 0.518 bits per heavy atom. The van der Waals surface area contributed by atoms with Crippen molar-refractivity contribution in [3.63, 3.8) is 0 Å². The van der Waals surface area contributed by atoms with Crippen LogP contribution in [0.1, 0.15) is 30.0 Å². The highest BCUT2D eigenvalue weighted by Crippen LogP contribution is 2.28. The standard InChI is InChI=1S/C37H34O19/c1-18(38)14-31(48)56-35(37(51)52)33(54-29(46)12-6-20-3-9-23(40)26(43)16-20)32(53-28(45)11-5-19-2-8-22(39)25(42)15-19)34(36(49)50)55-30(47)13-7-21-4-10-24(41)27(44)17-21/h2-13,15-18,32-35,38-44H,14H2,1H3,(H,49,50)(H,51,52)/t18-,32-,33-,34-,35+/m0/s1. The summed E-state index contributed by atoms with van der Waals surface area (Å²) in [5.74, 6) is -13.4. The Morgan fingerprint density at radius 2 is 0.839 bits per heavy atom. The van der Waals surface area contributed by atoms with E-state index in [4.69, 9.17) is 18.9 Å². The summed E-state index contributed by atoms with van der Waals surface area (Å²) in [6.07, 6.45) is -8.13. The number of aromatic hydroxyl groups is 6. The van der Waals surface area contributed by atoms with Crippen LogP contribution in [-0.4, -0.2) is 112 Å². The molecule has 0 aliphatic rings.